The summed E-state index contributed by atoms with van der Waals surface area (Å²) in [7, 11) is -4.35. The minimum atomic E-state index is -4.35. The summed E-state index contributed by atoms with van der Waals surface area (Å²) in [6.45, 7) is 1.11. The molecule has 0 fully saturated rings. The topological polar surface area (TPSA) is 110 Å². The fraction of sp³-hybridized carbons (Fsp3) is 0.235. The van der Waals surface area contributed by atoms with Gasteiger partial charge in [0.05, 0.1) is 22.2 Å². The Kier molecular flexibility index (Phi) is 7.84. The molecule has 0 saturated heterocycles. The monoisotopic (exact) mass is 479 g/mol. The maximum atomic E-state index is 13.0. The maximum absolute atomic E-state index is 13.0. The van der Waals surface area contributed by atoms with Gasteiger partial charge in [-0.2, -0.15) is 4.31 Å². The van der Waals surface area contributed by atoms with Crippen LogP contribution in [0, 0.1) is 10.1 Å². The molecule has 0 saturated carbocycles. The SMILES string of the molecule is CCCN(CC(=O)Nc1cc(Cl)ccc1Cl)S(=O)(=O)c1ccc(Cl)cc1[N+](=O)[O-]. The number of carbonyl (C=O) groups excluding carboxylic acids is 1. The highest BCUT2D eigenvalue weighted by Gasteiger charge is 2.32. The van der Waals surface area contributed by atoms with Gasteiger partial charge >= 0.3 is 0 Å². The molecule has 0 unspecified atom stereocenters. The lowest BCUT2D eigenvalue weighted by Gasteiger charge is -2.21. The third kappa shape index (κ3) is 5.80. The number of anilines is 1. The number of sulfonamides is 1. The highest BCUT2D eigenvalue weighted by molar-refractivity contribution is 7.89. The first-order valence-electron chi connectivity index (χ1n) is 8.25. The third-order valence-electron chi connectivity index (χ3n) is 3.73. The molecule has 0 aliphatic rings. The molecular formula is C17H16Cl3N3O5S. The Bertz CT molecular complexity index is 1050. The van der Waals surface area contributed by atoms with Gasteiger partial charge in [-0.15, -0.1) is 0 Å². The van der Waals surface area contributed by atoms with Gasteiger partial charge in [0.15, 0.2) is 4.90 Å². The minimum absolute atomic E-state index is 0.0195. The molecule has 2 rings (SSSR count). The highest BCUT2D eigenvalue weighted by Crippen LogP contribution is 2.30. The number of benzene rings is 2. The molecule has 0 aliphatic heterocycles. The van der Waals surface area contributed by atoms with E-state index in [1.165, 1.54) is 24.3 Å². The summed E-state index contributed by atoms with van der Waals surface area (Å²) in [5, 5.41) is 14.4. The minimum Gasteiger partial charge on any atom is -0.324 e. The van der Waals surface area contributed by atoms with Crippen molar-refractivity contribution in [2.45, 2.75) is 18.2 Å². The van der Waals surface area contributed by atoms with E-state index in [-0.39, 0.29) is 22.3 Å². The molecule has 29 heavy (non-hydrogen) atoms. The van der Waals surface area contributed by atoms with Crippen molar-refractivity contribution in [3.63, 3.8) is 0 Å². The summed E-state index contributed by atoms with van der Waals surface area (Å²) >= 11 is 17.6. The van der Waals surface area contributed by atoms with Crippen molar-refractivity contribution in [2.24, 2.45) is 0 Å². The molecular weight excluding hydrogens is 465 g/mol. The van der Waals surface area contributed by atoms with Crippen molar-refractivity contribution < 1.29 is 18.1 Å². The fourth-order valence-electron chi connectivity index (χ4n) is 2.47. The Labute approximate surface area is 182 Å². The lowest BCUT2D eigenvalue weighted by Crippen LogP contribution is -2.38. The number of halogens is 3. The van der Waals surface area contributed by atoms with Crippen LogP contribution in [0.3, 0.4) is 0 Å². The Morgan fingerprint density at radius 2 is 1.76 bits per heavy atom. The van der Waals surface area contributed by atoms with Crippen molar-refractivity contribution in [1.82, 2.24) is 4.31 Å². The molecule has 0 atom stereocenters. The molecule has 1 amide bonds. The number of hydrogen-bond donors (Lipinski definition) is 1. The van der Waals surface area contributed by atoms with Crippen LogP contribution in [-0.2, 0) is 14.8 Å². The second-order valence-electron chi connectivity index (χ2n) is 5.88. The molecule has 0 aromatic heterocycles. The number of amides is 1. The largest absolute Gasteiger partial charge is 0.324 e. The van der Waals surface area contributed by atoms with E-state index >= 15 is 0 Å². The average Bonchev–Trinajstić information content (AvgIpc) is 2.64. The number of hydrogen-bond acceptors (Lipinski definition) is 5. The average molecular weight is 481 g/mol. The van der Waals surface area contributed by atoms with Crippen LogP contribution in [0.5, 0.6) is 0 Å². The number of nitrogens with one attached hydrogen (secondary N) is 1. The quantitative estimate of drug-likeness (QED) is 0.439. The maximum Gasteiger partial charge on any atom is 0.290 e. The van der Waals surface area contributed by atoms with E-state index in [2.05, 4.69) is 5.32 Å². The van der Waals surface area contributed by atoms with Gasteiger partial charge in [-0.25, -0.2) is 8.42 Å². The van der Waals surface area contributed by atoms with Crippen molar-refractivity contribution in [1.29, 1.82) is 0 Å². The zero-order valence-electron chi connectivity index (χ0n) is 15.1. The third-order valence-corrected chi connectivity index (χ3v) is 6.42. The van der Waals surface area contributed by atoms with Crippen molar-refractivity contribution >= 4 is 62.1 Å². The molecule has 0 heterocycles. The molecule has 0 bridgehead atoms. The van der Waals surface area contributed by atoms with Gasteiger partial charge in [0.2, 0.25) is 15.9 Å². The summed E-state index contributed by atoms with van der Waals surface area (Å²) in [6.07, 6.45) is 0.381. The Morgan fingerprint density at radius 3 is 2.38 bits per heavy atom. The van der Waals surface area contributed by atoms with Gasteiger partial charge in [0.1, 0.15) is 0 Å². The summed E-state index contributed by atoms with van der Waals surface area (Å²) in [4.78, 5) is 22.3. The normalized spacial score (nSPS) is 11.5. The summed E-state index contributed by atoms with van der Waals surface area (Å²) < 4.78 is 26.9. The molecule has 0 spiro atoms. The summed E-state index contributed by atoms with van der Waals surface area (Å²) in [5.74, 6) is -0.678. The molecule has 0 radical (unpaired) electrons. The molecule has 2 aromatic rings. The van der Waals surface area contributed by atoms with Gasteiger partial charge in [0, 0.05) is 22.7 Å². The first kappa shape index (κ1) is 23.4. The van der Waals surface area contributed by atoms with Gasteiger partial charge < -0.3 is 5.32 Å². The smallest absolute Gasteiger partial charge is 0.290 e. The van der Waals surface area contributed by atoms with Crippen molar-refractivity contribution in [3.8, 4) is 0 Å². The number of nitro benzene ring substituents is 1. The lowest BCUT2D eigenvalue weighted by atomic mass is 10.3. The Hall–Kier alpha value is -1.91. The van der Waals surface area contributed by atoms with E-state index in [1.54, 1.807) is 6.92 Å². The highest BCUT2D eigenvalue weighted by atomic mass is 35.5. The molecule has 12 heteroatoms. The molecule has 8 nitrogen and oxygen atoms in total. The van der Waals surface area contributed by atoms with Crippen molar-refractivity contribution in [2.75, 3.05) is 18.4 Å². The summed E-state index contributed by atoms with van der Waals surface area (Å²) in [5.41, 5.74) is -0.451. The van der Waals surface area contributed by atoms with Gasteiger partial charge in [-0.1, -0.05) is 41.7 Å². The number of nitro groups is 1. The van der Waals surface area contributed by atoms with Crippen LogP contribution in [0.25, 0.3) is 0 Å². The number of rotatable bonds is 8. The van der Waals surface area contributed by atoms with E-state index < -0.39 is 38.0 Å². The van der Waals surface area contributed by atoms with Crippen LogP contribution < -0.4 is 5.32 Å². The van der Waals surface area contributed by atoms with Crippen LogP contribution in [0.1, 0.15) is 13.3 Å². The fourth-order valence-corrected chi connectivity index (χ4v) is 4.60. The van der Waals surface area contributed by atoms with Crippen LogP contribution in [0.4, 0.5) is 11.4 Å². The predicted octanol–water partition coefficient (Wildman–Crippen LogP) is 4.59. The van der Waals surface area contributed by atoms with Gasteiger partial charge in [0.25, 0.3) is 5.69 Å². The van der Waals surface area contributed by atoms with E-state index in [1.807, 2.05) is 0 Å². The summed E-state index contributed by atoms with van der Waals surface area (Å²) in [6, 6.07) is 7.67. The second kappa shape index (κ2) is 9.73. The lowest BCUT2D eigenvalue weighted by molar-refractivity contribution is -0.387. The van der Waals surface area contributed by atoms with Crippen LogP contribution in [0.15, 0.2) is 41.3 Å². The number of carbonyl (C=O) groups is 1. The van der Waals surface area contributed by atoms with Crippen molar-refractivity contribution in [3.05, 3.63) is 61.6 Å². The van der Waals surface area contributed by atoms with Gasteiger partial charge in [-0.3, -0.25) is 14.9 Å². The molecule has 1 N–H and O–H groups in total. The molecule has 0 aliphatic carbocycles. The van der Waals surface area contributed by atoms with Gasteiger partial charge in [-0.05, 0) is 36.8 Å². The zero-order chi connectivity index (χ0) is 21.8. The first-order chi connectivity index (χ1) is 13.6. The standard InChI is InChI=1S/C17H16Cl3N3O5S/c1-2-7-22(10-17(24)21-14-8-11(18)3-5-13(14)20)29(27,28)16-6-4-12(19)9-15(16)23(25)26/h3-6,8-9H,2,7,10H2,1H3,(H,21,24). The predicted molar refractivity (Wildman–Crippen MR) is 112 cm³/mol. The zero-order valence-corrected chi connectivity index (χ0v) is 18.1. The Balaban J connectivity index is 2.34. The number of nitrogens with zero attached hydrogens (tertiary/aromatic N) is 2. The van der Waals surface area contributed by atoms with E-state index in [9.17, 15) is 23.3 Å². The second-order valence-corrected chi connectivity index (χ2v) is 9.07. The first-order valence-corrected chi connectivity index (χ1v) is 10.8. The van der Waals surface area contributed by atoms with Crippen LogP contribution in [0.2, 0.25) is 15.1 Å². The van der Waals surface area contributed by atoms with E-state index in [0.29, 0.717) is 11.4 Å². The molecule has 2 aromatic carbocycles. The van der Waals surface area contributed by atoms with Crippen LogP contribution in [-0.4, -0.2) is 36.6 Å². The van der Waals surface area contributed by atoms with E-state index in [0.717, 1.165) is 16.4 Å². The van der Waals surface area contributed by atoms with E-state index in [4.69, 9.17) is 34.8 Å². The van der Waals surface area contributed by atoms with Crippen LogP contribution >= 0.6 is 34.8 Å². The Morgan fingerprint density at radius 1 is 1.14 bits per heavy atom. The molecule has 156 valence electrons.